The highest BCUT2D eigenvalue weighted by Crippen LogP contribution is 2.28. The third-order valence-electron chi connectivity index (χ3n) is 5.64. The van der Waals surface area contributed by atoms with Gasteiger partial charge in [-0.15, -0.1) is 0 Å². The molecule has 0 atom stereocenters. The van der Waals surface area contributed by atoms with Crippen LogP contribution < -0.4 is 20.3 Å². The molecule has 0 aromatic heterocycles. The van der Waals surface area contributed by atoms with Crippen molar-refractivity contribution in [3.8, 4) is 0 Å². The molecule has 39 heavy (non-hydrogen) atoms. The first-order valence-electron chi connectivity index (χ1n) is 12.3. The van der Waals surface area contributed by atoms with E-state index >= 15 is 0 Å². The van der Waals surface area contributed by atoms with Crippen LogP contribution in [0.1, 0.15) is 50.5 Å². The SMILES string of the molecule is CC(C)NC(=O)c1cc(NS(=O)(=O)c2ccc(C(C)(C)C)cc2)ccc1N1CCNCC1.O=C(O)C(F)(F)F. The normalized spacial score (nSPS) is 14.3. The van der Waals surface area contributed by atoms with Gasteiger partial charge in [-0.2, -0.15) is 13.2 Å². The van der Waals surface area contributed by atoms with Crippen molar-refractivity contribution >= 4 is 33.3 Å². The Morgan fingerprint density at radius 2 is 1.54 bits per heavy atom. The lowest BCUT2D eigenvalue weighted by molar-refractivity contribution is -0.192. The van der Waals surface area contributed by atoms with E-state index in [0.717, 1.165) is 37.4 Å². The highest BCUT2D eigenvalue weighted by Gasteiger charge is 2.38. The predicted octanol–water partition coefficient (Wildman–Crippen LogP) is 3.97. The number of carbonyl (C=O) groups excluding carboxylic acids is 1. The van der Waals surface area contributed by atoms with Crippen LogP contribution in [0.3, 0.4) is 0 Å². The molecule has 1 heterocycles. The summed E-state index contributed by atoms with van der Waals surface area (Å²) in [5.41, 5.74) is 2.63. The maximum Gasteiger partial charge on any atom is 0.490 e. The number of nitrogens with one attached hydrogen (secondary N) is 3. The molecule has 0 saturated carbocycles. The molecule has 1 aliphatic rings. The van der Waals surface area contributed by atoms with Crippen molar-refractivity contribution in [2.75, 3.05) is 35.8 Å². The maximum atomic E-state index is 13.0. The van der Waals surface area contributed by atoms with Gasteiger partial charge < -0.3 is 20.6 Å². The smallest absolute Gasteiger partial charge is 0.475 e. The average molecular weight is 573 g/mol. The number of benzene rings is 2. The number of sulfonamides is 1. The van der Waals surface area contributed by atoms with Crippen LogP contribution in [0.5, 0.6) is 0 Å². The fourth-order valence-electron chi connectivity index (χ4n) is 3.65. The Morgan fingerprint density at radius 3 is 2.00 bits per heavy atom. The number of carbonyl (C=O) groups is 2. The molecule has 0 spiro atoms. The summed E-state index contributed by atoms with van der Waals surface area (Å²) < 4.78 is 60.3. The lowest BCUT2D eigenvalue weighted by atomic mass is 9.87. The summed E-state index contributed by atoms with van der Waals surface area (Å²) in [6, 6.07) is 12.0. The second-order valence-corrected chi connectivity index (χ2v) is 12.0. The lowest BCUT2D eigenvalue weighted by Gasteiger charge is -2.31. The fourth-order valence-corrected chi connectivity index (χ4v) is 4.70. The Labute approximate surface area is 226 Å². The van der Waals surface area contributed by atoms with Crippen molar-refractivity contribution < 1.29 is 36.3 Å². The average Bonchev–Trinajstić information content (AvgIpc) is 2.83. The summed E-state index contributed by atoms with van der Waals surface area (Å²) in [4.78, 5) is 24.1. The van der Waals surface area contributed by atoms with Gasteiger partial charge in [-0.3, -0.25) is 9.52 Å². The van der Waals surface area contributed by atoms with Crippen LogP contribution in [0.2, 0.25) is 0 Å². The Balaban J connectivity index is 0.000000673. The van der Waals surface area contributed by atoms with Crippen molar-refractivity contribution in [2.24, 2.45) is 0 Å². The molecule has 0 unspecified atom stereocenters. The van der Waals surface area contributed by atoms with E-state index in [0.29, 0.717) is 11.3 Å². The van der Waals surface area contributed by atoms with Gasteiger partial charge in [-0.05, 0) is 55.2 Å². The topological polar surface area (TPSA) is 128 Å². The Bertz CT molecular complexity index is 1250. The standard InChI is InChI=1S/C24H34N4O3S.C2HF3O2/c1-17(2)26-23(29)21-16-19(8-11-22(21)28-14-12-25-13-15-28)27-32(30,31)20-9-6-18(7-10-20)24(3,4)5;3-2(4,5)1(6)7/h6-11,16-17,25,27H,12-15H2,1-5H3,(H,26,29);(H,6,7). The summed E-state index contributed by atoms with van der Waals surface area (Å²) in [7, 11) is -3.78. The van der Waals surface area contributed by atoms with Gasteiger partial charge in [0.25, 0.3) is 15.9 Å². The highest BCUT2D eigenvalue weighted by molar-refractivity contribution is 7.92. The van der Waals surface area contributed by atoms with Gasteiger partial charge >= 0.3 is 12.1 Å². The van der Waals surface area contributed by atoms with E-state index in [2.05, 4.69) is 41.0 Å². The number of carboxylic acids is 1. The quantitative estimate of drug-likeness (QED) is 0.413. The van der Waals surface area contributed by atoms with E-state index in [1.165, 1.54) is 0 Å². The number of halogens is 3. The minimum atomic E-state index is -5.08. The molecular formula is C26H35F3N4O5S. The van der Waals surface area contributed by atoms with Gasteiger partial charge in [0.2, 0.25) is 0 Å². The number of amides is 1. The van der Waals surface area contributed by atoms with Crippen LogP contribution in [-0.4, -0.2) is 63.8 Å². The van der Waals surface area contributed by atoms with E-state index in [4.69, 9.17) is 9.90 Å². The lowest BCUT2D eigenvalue weighted by Crippen LogP contribution is -2.44. The molecule has 3 rings (SSSR count). The second-order valence-electron chi connectivity index (χ2n) is 10.3. The molecule has 216 valence electrons. The largest absolute Gasteiger partial charge is 0.490 e. The van der Waals surface area contributed by atoms with Crippen LogP contribution in [0.25, 0.3) is 0 Å². The predicted molar refractivity (Wildman–Crippen MR) is 144 cm³/mol. The number of carboxylic acid groups (broad SMARTS) is 1. The number of anilines is 2. The zero-order chi connectivity index (χ0) is 29.6. The van der Waals surface area contributed by atoms with Crippen LogP contribution in [0.4, 0.5) is 24.5 Å². The van der Waals surface area contributed by atoms with Gasteiger partial charge in [0, 0.05) is 43.6 Å². The number of hydrogen-bond donors (Lipinski definition) is 4. The highest BCUT2D eigenvalue weighted by atomic mass is 32.2. The third kappa shape index (κ3) is 9.43. The fraction of sp³-hybridized carbons (Fsp3) is 0.462. The van der Waals surface area contributed by atoms with E-state index in [1.54, 1.807) is 24.3 Å². The molecule has 2 aromatic rings. The number of piperazine rings is 1. The minimum absolute atomic E-state index is 0.0277. The summed E-state index contributed by atoms with van der Waals surface area (Å²) >= 11 is 0. The molecule has 0 aliphatic carbocycles. The Morgan fingerprint density at radius 1 is 1.00 bits per heavy atom. The van der Waals surface area contributed by atoms with Crippen LogP contribution in [0.15, 0.2) is 47.4 Å². The summed E-state index contributed by atoms with van der Waals surface area (Å²) in [6.07, 6.45) is -5.08. The van der Waals surface area contributed by atoms with Crippen molar-refractivity contribution in [3.05, 3.63) is 53.6 Å². The van der Waals surface area contributed by atoms with Crippen LogP contribution >= 0.6 is 0 Å². The zero-order valence-electron chi connectivity index (χ0n) is 22.5. The Kier molecular flexibility index (Phi) is 10.4. The minimum Gasteiger partial charge on any atom is -0.475 e. The van der Waals surface area contributed by atoms with E-state index < -0.39 is 22.2 Å². The van der Waals surface area contributed by atoms with Crippen molar-refractivity contribution in [3.63, 3.8) is 0 Å². The molecule has 1 aliphatic heterocycles. The third-order valence-corrected chi connectivity index (χ3v) is 7.04. The van der Waals surface area contributed by atoms with E-state index in [9.17, 15) is 26.4 Å². The van der Waals surface area contributed by atoms with Gasteiger partial charge in [0.15, 0.2) is 0 Å². The molecule has 1 amide bonds. The van der Waals surface area contributed by atoms with Crippen molar-refractivity contribution in [2.45, 2.75) is 57.1 Å². The van der Waals surface area contributed by atoms with Crippen molar-refractivity contribution in [1.82, 2.24) is 10.6 Å². The maximum absolute atomic E-state index is 13.0. The Hall–Kier alpha value is -3.32. The first-order valence-corrected chi connectivity index (χ1v) is 13.7. The number of hydrogen-bond acceptors (Lipinski definition) is 6. The number of nitrogens with zero attached hydrogens (tertiary/aromatic N) is 1. The molecule has 1 saturated heterocycles. The molecular weight excluding hydrogens is 537 g/mol. The molecule has 9 nitrogen and oxygen atoms in total. The summed E-state index contributed by atoms with van der Waals surface area (Å²) in [6.45, 7) is 13.3. The van der Waals surface area contributed by atoms with E-state index in [1.807, 2.05) is 32.0 Å². The molecule has 13 heteroatoms. The number of aliphatic carboxylic acids is 1. The van der Waals surface area contributed by atoms with Gasteiger partial charge in [-0.1, -0.05) is 32.9 Å². The first-order chi connectivity index (χ1) is 17.9. The monoisotopic (exact) mass is 572 g/mol. The van der Waals surface area contributed by atoms with Crippen LogP contribution in [0, 0.1) is 0 Å². The first kappa shape index (κ1) is 31.9. The van der Waals surface area contributed by atoms with Gasteiger partial charge in [0.05, 0.1) is 10.5 Å². The molecule has 2 aromatic carbocycles. The number of alkyl halides is 3. The van der Waals surface area contributed by atoms with E-state index in [-0.39, 0.29) is 22.3 Å². The molecule has 0 radical (unpaired) electrons. The van der Waals surface area contributed by atoms with Crippen LogP contribution in [-0.2, 0) is 20.2 Å². The van der Waals surface area contributed by atoms with Gasteiger partial charge in [0.1, 0.15) is 0 Å². The number of rotatable bonds is 6. The molecule has 4 N–H and O–H groups in total. The summed E-state index contributed by atoms with van der Waals surface area (Å²) in [5, 5.41) is 13.4. The molecule has 0 bridgehead atoms. The van der Waals surface area contributed by atoms with Gasteiger partial charge in [-0.25, -0.2) is 13.2 Å². The molecule has 1 fully saturated rings. The summed E-state index contributed by atoms with van der Waals surface area (Å²) in [5.74, 6) is -2.98. The zero-order valence-corrected chi connectivity index (χ0v) is 23.3. The second kappa shape index (κ2) is 12.7. The van der Waals surface area contributed by atoms with Crippen molar-refractivity contribution in [1.29, 1.82) is 0 Å².